The second-order valence-electron chi connectivity index (χ2n) is 6.92. The number of unbranched alkanes of at least 4 members (excludes halogenated alkanes) is 1. The number of aryl methyl sites for hydroxylation is 2. The summed E-state index contributed by atoms with van der Waals surface area (Å²) < 4.78 is 0. The van der Waals surface area contributed by atoms with E-state index < -0.39 is 0 Å². The predicted molar refractivity (Wildman–Crippen MR) is 130 cm³/mol. The number of anilines is 2. The van der Waals surface area contributed by atoms with Crippen molar-refractivity contribution in [2.75, 3.05) is 10.6 Å². The van der Waals surface area contributed by atoms with Crippen LogP contribution in [-0.2, 0) is 35.3 Å². The van der Waals surface area contributed by atoms with Crippen LogP contribution in [0, 0.1) is 0 Å². The molecule has 2 N–H and O–H groups in total. The van der Waals surface area contributed by atoms with Gasteiger partial charge in [-0.3, -0.25) is 9.59 Å². The van der Waals surface area contributed by atoms with Gasteiger partial charge in [-0.05, 0) is 57.6 Å². The number of amides is 2. The Bertz CT molecular complexity index is 1050. The maximum absolute atomic E-state index is 12.0. The maximum atomic E-state index is 12.0. The summed E-state index contributed by atoms with van der Waals surface area (Å²) in [6.07, 6.45) is 4.13. The predicted octanol–water partition coefficient (Wildman–Crippen LogP) is 4.44. The molecule has 0 aromatic carbocycles. The maximum Gasteiger partial charge on any atom is 0.230 e. The van der Waals surface area contributed by atoms with Crippen LogP contribution in [0.15, 0.2) is 33.7 Å². The molecule has 0 spiro atoms. The first-order valence-electron chi connectivity index (χ1n) is 9.90. The molecule has 0 atom stereocenters. The van der Waals surface area contributed by atoms with E-state index in [0.29, 0.717) is 23.1 Å². The molecule has 0 unspecified atom stereocenters. The highest BCUT2D eigenvalue weighted by atomic mass is 32.1. The van der Waals surface area contributed by atoms with Gasteiger partial charge in [0.05, 0.1) is 12.8 Å². The summed E-state index contributed by atoms with van der Waals surface area (Å²) in [6.45, 7) is 0. The lowest BCUT2D eigenvalue weighted by Gasteiger charge is -1.99. The number of rotatable bonds is 11. The van der Waals surface area contributed by atoms with Crippen molar-refractivity contribution in [3.8, 4) is 0 Å². The molecule has 0 aliphatic carbocycles. The van der Waals surface area contributed by atoms with Crippen LogP contribution in [0.25, 0.3) is 0 Å². The Labute approximate surface area is 200 Å². The number of carbonyl (C=O) groups is 2. The highest BCUT2D eigenvalue weighted by Gasteiger charge is 2.11. The average Bonchev–Trinajstić information content (AvgIpc) is 3.55. The summed E-state index contributed by atoms with van der Waals surface area (Å²) in [5, 5.41) is 32.8. The molecule has 0 bridgehead atoms. The lowest BCUT2D eigenvalue weighted by molar-refractivity contribution is -0.116. The standard InChI is InChI=1S/C20H20N6O2S4/c27-15(9-13-5-7-29-11-13)21-19-25-23-17(31-19)3-1-2-4-18-24-26-20(32-18)22-16(28)10-14-6-8-30-12-14/h5-8,11-12H,1-4,9-10H2,(H,21,25,27)(H,22,26,28). The van der Waals surface area contributed by atoms with Crippen molar-refractivity contribution >= 4 is 67.4 Å². The third-order valence-corrected chi connectivity index (χ3v) is 7.61. The van der Waals surface area contributed by atoms with Crippen molar-refractivity contribution in [3.05, 3.63) is 54.8 Å². The number of aromatic nitrogens is 4. The van der Waals surface area contributed by atoms with Gasteiger partial charge in [0.2, 0.25) is 22.1 Å². The first-order chi connectivity index (χ1) is 15.6. The normalized spacial score (nSPS) is 10.9. The molecule has 0 saturated carbocycles. The molecule has 2 amide bonds. The molecule has 4 aromatic heterocycles. The van der Waals surface area contributed by atoms with Crippen LogP contribution in [-0.4, -0.2) is 32.2 Å². The second-order valence-corrected chi connectivity index (χ2v) is 10.6. The zero-order valence-corrected chi connectivity index (χ0v) is 20.2. The van der Waals surface area contributed by atoms with Crippen LogP contribution in [0.2, 0.25) is 0 Å². The average molecular weight is 505 g/mol. The van der Waals surface area contributed by atoms with E-state index in [1.807, 2.05) is 33.7 Å². The summed E-state index contributed by atoms with van der Waals surface area (Å²) in [5.41, 5.74) is 2.00. The van der Waals surface area contributed by atoms with Gasteiger partial charge < -0.3 is 10.6 Å². The molecule has 4 rings (SSSR count). The van der Waals surface area contributed by atoms with Gasteiger partial charge in [0.1, 0.15) is 10.0 Å². The third kappa shape index (κ3) is 6.99. The van der Waals surface area contributed by atoms with Crippen molar-refractivity contribution in [3.63, 3.8) is 0 Å². The highest BCUT2D eigenvalue weighted by molar-refractivity contribution is 7.15. The lowest BCUT2D eigenvalue weighted by atomic mass is 10.2. The smallest absolute Gasteiger partial charge is 0.230 e. The summed E-state index contributed by atoms with van der Waals surface area (Å²) in [6, 6.07) is 3.88. The minimum atomic E-state index is -0.0828. The van der Waals surface area contributed by atoms with E-state index in [0.717, 1.165) is 46.8 Å². The molecule has 4 heterocycles. The van der Waals surface area contributed by atoms with Gasteiger partial charge in [0.25, 0.3) is 0 Å². The Morgan fingerprint density at radius 2 is 1.19 bits per heavy atom. The van der Waals surface area contributed by atoms with Gasteiger partial charge in [0, 0.05) is 12.8 Å². The largest absolute Gasteiger partial charge is 0.300 e. The molecule has 8 nitrogen and oxygen atoms in total. The Balaban J connectivity index is 1.14. The lowest BCUT2D eigenvalue weighted by Crippen LogP contribution is -2.13. The van der Waals surface area contributed by atoms with Gasteiger partial charge in [-0.25, -0.2) is 0 Å². The fraction of sp³-hybridized carbons (Fsp3) is 0.300. The van der Waals surface area contributed by atoms with E-state index in [1.54, 1.807) is 22.7 Å². The van der Waals surface area contributed by atoms with Crippen molar-refractivity contribution in [2.24, 2.45) is 0 Å². The number of nitrogens with zero attached hydrogens (tertiary/aromatic N) is 4. The van der Waals surface area contributed by atoms with E-state index in [9.17, 15) is 9.59 Å². The molecule has 0 saturated heterocycles. The Morgan fingerprint density at radius 1 is 0.719 bits per heavy atom. The van der Waals surface area contributed by atoms with Crippen LogP contribution in [0.1, 0.15) is 34.0 Å². The highest BCUT2D eigenvalue weighted by Crippen LogP contribution is 2.20. The molecule has 0 fully saturated rings. The fourth-order valence-electron chi connectivity index (χ4n) is 2.85. The zero-order chi connectivity index (χ0) is 22.2. The van der Waals surface area contributed by atoms with E-state index in [1.165, 1.54) is 22.7 Å². The van der Waals surface area contributed by atoms with E-state index in [2.05, 4.69) is 31.0 Å². The van der Waals surface area contributed by atoms with Gasteiger partial charge in [-0.1, -0.05) is 22.7 Å². The first kappa shape index (κ1) is 22.6. The van der Waals surface area contributed by atoms with E-state index >= 15 is 0 Å². The summed E-state index contributed by atoms with van der Waals surface area (Å²) in [4.78, 5) is 24.1. The summed E-state index contributed by atoms with van der Waals surface area (Å²) in [5.74, 6) is -0.166. The SMILES string of the molecule is O=C(Cc1ccsc1)Nc1nnc(CCCCc2nnc(NC(=O)Cc3ccsc3)s2)s1. The van der Waals surface area contributed by atoms with Crippen LogP contribution in [0.4, 0.5) is 10.3 Å². The number of carbonyl (C=O) groups excluding carboxylic acids is 2. The number of hydrogen-bond acceptors (Lipinski definition) is 10. The Morgan fingerprint density at radius 3 is 1.59 bits per heavy atom. The van der Waals surface area contributed by atoms with Gasteiger partial charge in [-0.2, -0.15) is 22.7 Å². The van der Waals surface area contributed by atoms with Crippen LogP contribution >= 0.6 is 45.3 Å². The Hall–Kier alpha value is -2.54. The summed E-state index contributed by atoms with van der Waals surface area (Å²) >= 11 is 5.97. The van der Waals surface area contributed by atoms with E-state index in [4.69, 9.17) is 0 Å². The minimum absolute atomic E-state index is 0.0828. The molecule has 32 heavy (non-hydrogen) atoms. The molecular formula is C20H20N6O2S4. The number of hydrogen-bond donors (Lipinski definition) is 2. The van der Waals surface area contributed by atoms with Crippen molar-refractivity contribution in [1.29, 1.82) is 0 Å². The van der Waals surface area contributed by atoms with Crippen LogP contribution < -0.4 is 10.6 Å². The molecular weight excluding hydrogens is 485 g/mol. The summed E-state index contributed by atoms with van der Waals surface area (Å²) in [7, 11) is 0. The topological polar surface area (TPSA) is 110 Å². The molecule has 166 valence electrons. The molecule has 12 heteroatoms. The number of nitrogens with one attached hydrogen (secondary N) is 2. The quantitative estimate of drug-likeness (QED) is 0.292. The van der Waals surface area contributed by atoms with Crippen molar-refractivity contribution in [2.45, 2.75) is 38.5 Å². The van der Waals surface area contributed by atoms with Gasteiger partial charge in [0.15, 0.2) is 0 Å². The molecule has 0 aliphatic rings. The monoisotopic (exact) mass is 504 g/mol. The van der Waals surface area contributed by atoms with Crippen molar-refractivity contribution < 1.29 is 9.59 Å². The van der Waals surface area contributed by atoms with Crippen molar-refractivity contribution in [1.82, 2.24) is 20.4 Å². The fourth-order valence-corrected chi connectivity index (χ4v) is 5.78. The van der Waals surface area contributed by atoms with Gasteiger partial charge in [-0.15, -0.1) is 20.4 Å². The third-order valence-electron chi connectivity index (χ3n) is 4.35. The number of thiophene rings is 2. The molecule has 0 aliphatic heterocycles. The molecule has 4 aromatic rings. The molecule has 0 radical (unpaired) electrons. The second kappa shape index (κ2) is 11.4. The zero-order valence-electron chi connectivity index (χ0n) is 16.9. The van der Waals surface area contributed by atoms with E-state index in [-0.39, 0.29) is 11.8 Å². The Kier molecular flexibility index (Phi) is 8.04. The first-order valence-corrected chi connectivity index (χ1v) is 13.4. The minimum Gasteiger partial charge on any atom is -0.300 e. The van der Waals surface area contributed by atoms with Crippen LogP contribution in [0.3, 0.4) is 0 Å². The van der Waals surface area contributed by atoms with Crippen LogP contribution in [0.5, 0.6) is 0 Å². The van der Waals surface area contributed by atoms with Gasteiger partial charge >= 0.3 is 0 Å².